The molecule has 3 atom stereocenters. The molecule has 0 aliphatic heterocycles. The van der Waals surface area contributed by atoms with Crippen molar-refractivity contribution in [3.05, 3.63) is 59.0 Å². The molecule has 1 amide bonds. The smallest absolute Gasteiger partial charge is 0.255 e. The lowest BCUT2D eigenvalue weighted by atomic mass is 9.82. The van der Waals surface area contributed by atoms with Crippen LogP contribution in [0.1, 0.15) is 19.3 Å². The van der Waals surface area contributed by atoms with Crippen molar-refractivity contribution in [2.45, 2.75) is 31.4 Å². The molecule has 0 bridgehead atoms. The number of rotatable bonds is 4. The molecule has 1 aromatic heterocycles. The number of aromatic nitrogens is 1. The van der Waals surface area contributed by atoms with Crippen molar-refractivity contribution in [1.82, 2.24) is 4.57 Å². The van der Waals surface area contributed by atoms with Gasteiger partial charge in [0.05, 0.1) is 12.0 Å². The van der Waals surface area contributed by atoms with E-state index in [2.05, 4.69) is 5.32 Å². The van der Waals surface area contributed by atoms with Crippen molar-refractivity contribution in [2.75, 3.05) is 12.4 Å². The van der Waals surface area contributed by atoms with E-state index >= 15 is 0 Å². The van der Waals surface area contributed by atoms with Crippen LogP contribution in [-0.2, 0) is 9.53 Å². The largest absolute Gasteiger partial charge is 0.381 e. The van der Waals surface area contributed by atoms with Crippen LogP contribution in [0.2, 0.25) is 0 Å². The van der Waals surface area contributed by atoms with Gasteiger partial charge in [-0.2, -0.15) is 0 Å². The van der Waals surface area contributed by atoms with Gasteiger partial charge in [0.15, 0.2) is 0 Å². The molecule has 1 aliphatic rings. The summed E-state index contributed by atoms with van der Waals surface area (Å²) in [5.74, 6) is -0.269. The van der Waals surface area contributed by atoms with Crippen LogP contribution < -0.4 is 16.6 Å². The minimum atomic E-state index is -0.206. The van der Waals surface area contributed by atoms with Crippen LogP contribution in [0.15, 0.2) is 53.5 Å². The van der Waals surface area contributed by atoms with Crippen LogP contribution >= 0.6 is 0 Å². The van der Waals surface area contributed by atoms with Gasteiger partial charge in [0.1, 0.15) is 0 Å². The van der Waals surface area contributed by atoms with Crippen LogP contribution in [0, 0.1) is 5.92 Å². The summed E-state index contributed by atoms with van der Waals surface area (Å²) >= 11 is 0. The number of hydrogen-bond donors (Lipinski definition) is 2. The Hall–Kier alpha value is -2.44. The average molecular weight is 341 g/mol. The molecule has 3 rings (SSSR count). The van der Waals surface area contributed by atoms with Crippen molar-refractivity contribution < 1.29 is 9.53 Å². The third-order valence-electron chi connectivity index (χ3n) is 4.76. The predicted octanol–water partition coefficient (Wildman–Crippen LogP) is 1.92. The summed E-state index contributed by atoms with van der Waals surface area (Å²) in [5.41, 5.74) is 7.48. The lowest BCUT2D eigenvalue weighted by Gasteiger charge is -2.32. The quantitative estimate of drug-likeness (QED) is 0.889. The van der Waals surface area contributed by atoms with Crippen LogP contribution in [0.4, 0.5) is 5.69 Å². The Morgan fingerprint density at radius 2 is 1.96 bits per heavy atom. The Labute approximate surface area is 146 Å². The van der Waals surface area contributed by atoms with E-state index in [4.69, 9.17) is 10.5 Å². The molecule has 1 aromatic carbocycles. The van der Waals surface area contributed by atoms with Crippen molar-refractivity contribution in [3.63, 3.8) is 0 Å². The number of carbonyl (C=O) groups excluding carboxylic acids is 1. The van der Waals surface area contributed by atoms with Crippen molar-refractivity contribution in [3.8, 4) is 5.69 Å². The topological polar surface area (TPSA) is 86.3 Å². The third kappa shape index (κ3) is 3.97. The van der Waals surface area contributed by atoms with Gasteiger partial charge in [-0.25, -0.2) is 0 Å². The van der Waals surface area contributed by atoms with Gasteiger partial charge in [0.25, 0.3) is 5.56 Å². The molecule has 0 saturated heterocycles. The number of carbonyl (C=O) groups is 1. The summed E-state index contributed by atoms with van der Waals surface area (Å²) in [6, 6.07) is 12.0. The zero-order chi connectivity index (χ0) is 17.8. The fourth-order valence-electron chi connectivity index (χ4n) is 3.29. The van der Waals surface area contributed by atoms with E-state index in [1.54, 1.807) is 54.3 Å². The zero-order valence-electron chi connectivity index (χ0n) is 14.2. The van der Waals surface area contributed by atoms with Crippen molar-refractivity contribution >= 4 is 11.6 Å². The highest BCUT2D eigenvalue weighted by atomic mass is 16.5. The summed E-state index contributed by atoms with van der Waals surface area (Å²) in [6.07, 6.45) is 4.12. The molecule has 0 spiro atoms. The molecule has 1 fully saturated rings. The van der Waals surface area contributed by atoms with E-state index < -0.39 is 0 Å². The molecule has 0 radical (unpaired) electrons. The third-order valence-corrected chi connectivity index (χ3v) is 4.76. The fourth-order valence-corrected chi connectivity index (χ4v) is 3.29. The molecule has 3 unspecified atom stereocenters. The first kappa shape index (κ1) is 17.4. The maximum atomic E-state index is 12.5. The van der Waals surface area contributed by atoms with E-state index in [0.717, 1.165) is 18.5 Å². The molecule has 6 nitrogen and oxygen atoms in total. The van der Waals surface area contributed by atoms with E-state index in [1.807, 2.05) is 0 Å². The summed E-state index contributed by atoms with van der Waals surface area (Å²) in [5, 5.41) is 2.92. The van der Waals surface area contributed by atoms with Gasteiger partial charge < -0.3 is 15.8 Å². The Kier molecular flexibility index (Phi) is 5.31. The first-order chi connectivity index (χ1) is 12.1. The highest BCUT2D eigenvalue weighted by molar-refractivity contribution is 5.93. The van der Waals surface area contributed by atoms with Gasteiger partial charge in [-0.05, 0) is 49.6 Å². The number of anilines is 1. The second-order valence-corrected chi connectivity index (χ2v) is 6.39. The van der Waals surface area contributed by atoms with Gasteiger partial charge in [0.2, 0.25) is 5.91 Å². The molecule has 6 heteroatoms. The number of hydrogen-bond acceptors (Lipinski definition) is 4. The molecule has 2 aromatic rings. The zero-order valence-corrected chi connectivity index (χ0v) is 14.2. The van der Waals surface area contributed by atoms with Gasteiger partial charge in [0, 0.05) is 36.8 Å². The first-order valence-corrected chi connectivity index (χ1v) is 8.46. The first-order valence-electron chi connectivity index (χ1n) is 8.46. The molecule has 132 valence electrons. The number of amides is 1. The molecule has 3 N–H and O–H groups in total. The lowest BCUT2D eigenvalue weighted by molar-refractivity contribution is -0.122. The van der Waals surface area contributed by atoms with E-state index in [-0.39, 0.29) is 29.5 Å². The SMILES string of the molecule is COC1CCC(C(=O)Nc2ccc(-n3ccccc3=O)cc2)C(N)C1. The Morgan fingerprint density at radius 3 is 2.60 bits per heavy atom. The maximum absolute atomic E-state index is 12.5. The van der Waals surface area contributed by atoms with Gasteiger partial charge in [-0.3, -0.25) is 14.2 Å². The van der Waals surface area contributed by atoms with Crippen LogP contribution in [0.25, 0.3) is 5.69 Å². The number of pyridine rings is 1. The van der Waals surface area contributed by atoms with Crippen molar-refractivity contribution in [2.24, 2.45) is 11.7 Å². The minimum Gasteiger partial charge on any atom is -0.381 e. The van der Waals surface area contributed by atoms with E-state index in [9.17, 15) is 9.59 Å². The van der Waals surface area contributed by atoms with Gasteiger partial charge in [-0.1, -0.05) is 6.07 Å². The highest BCUT2D eigenvalue weighted by Crippen LogP contribution is 2.26. The normalized spacial score (nSPS) is 23.2. The highest BCUT2D eigenvalue weighted by Gasteiger charge is 2.32. The number of nitrogens with zero attached hydrogens (tertiary/aromatic N) is 1. The molecule has 1 heterocycles. The van der Waals surface area contributed by atoms with Crippen LogP contribution in [-0.4, -0.2) is 29.7 Å². The lowest BCUT2D eigenvalue weighted by Crippen LogP contribution is -2.44. The minimum absolute atomic E-state index is 0.0633. The van der Waals surface area contributed by atoms with Crippen LogP contribution in [0.5, 0.6) is 0 Å². The van der Waals surface area contributed by atoms with E-state index in [0.29, 0.717) is 12.1 Å². The monoisotopic (exact) mass is 341 g/mol. The Bertz CT molecular complexity index is 785. The predicted molar refractivity (Wildman–Crippen MR) is 96.8 cm³/mol. The molecule has 1 aliphatic carbocycles. The summed E-state index contributed by atoms with van der Waals surface area (Å²) in [7, 11) is 1.68. The molecule has 1 saturated carbocycles. The molecular formula is C19H23N3O3. The van der Waals surface area contributed by atoms with Crippen molar-refractivity contribution in [1.29, 1.82) is 0 Å². The Morgan fingerprint density at radius 1 is 1.20 bits per heavy atom. The van der Waals surface area contributed by atoms with Crippen LogP contribution in [0.3, 0.4) is 0 Å². The average Bonchev–Trinajstić information content (AvgIpc) is 2.62. The number of nitrogens with one attached hydrogen (secondary N) is 1. The fraction of sp³-hybridized carbons (Fsp3) is 0.368. The number of nitrogens with two attached hydrogens (primary N) is 1. The van der Waals surface area contributed by atoms with Gasteiger partial charge in [-0.15, -0.1) is 0 Å². The Balaban J connectivity index is 1.66. The summed E-state index contributed by atoms with van der Waals surface area (Å²) in [6.45, 7) is 0. The maximum Gasteiger partial charge on any atom is 0.255 e. The molecular weight excluding hydrogens is 318 g/mol. The molecule has 25 heavy (non-hydrogen) atoms. The van der Waals surface area contributed by atoms with E-state index in [1.165, 1.54) is 6.07 Å². The second kappa shape index (κ2) is 7.63. The number of ether oxygens (including phenoxy) is 1. The summed E-state index contributed by atoms with van der Waals surface area (Å²) < 4.78 is 6.88. The standard InChI is InChI=1S/C19H23N3O3/c1-25-15-9-10-16(17(20)12-15)19(24)21-13-5-7-14(8-6-13)22-11-3-2-4-18(22)23/h2-8,11,15-17H,9-10,12,20H2,1H3,(H,21,24). The second-order valence-electron chi connectivity index (χ2n) is 6.39. The number of benzene rings is 1. The number of methoxy groups -OCH3 is 1. The van der Waals surface area contributed by atoms with Gasteiger partial charge >= 0.3 is 0 Å². The summed E-state index contributed by atoms with van der Waals surface area (Å²) in [4.78, 5) is 24.3.